The molecule has 0 spiro atoms. The highest BCUT2D eigenvalue weighted by atomic mass is 32.2. The second-order valence-electron chi connectivity index (χ2n) is 4.72. The van der Waals surface area contributed by atoms with Crippen LogP contribution in [0.25, 0.3) is 0 Å². The summed E-state index contributed by atoms with van der Waals surface area (Å²) < 4.78 is 54.5. The van der Waals surface area contributed by atoms with Crippen LogP contribution in [0, 0.1) is 0 Å². The van der Waals surface area contributed by atoms with Crippen LogP contribution in [0.15, 0.2) is 23.1 Å². The molecule has 0 fully saturated rings. The molecule has 1 atom stereocenters. The Hall–Kier alpha value is -1.36. The van der Waals surface area contributed by atoms with Crippen molar-refractivity contribution in [1.82, 2.24) is 0 Å². The first-order valence-electron chi connectivity index (χ1n) is 6.08. The number of benzene rings is 1. The van der Waals surface area contributed by atoms with E-state index in [1.165, 1.54) is 18.2 Å². The Morgan fingerprint density at radius 2 is 1.86 bits per heavy atom. The molecule has 1 unspecified atom stereocenters. The van der Waals surface area contributed by atoms with E-state index in [1.54, 1.807) is 6.92 Å². The summed E-state index contributed by atoms with van der Waals surface area (Å²) in [4.78, 5) is -0.119. The van der Waals surface area contributed by atoms with Crippen molar-refractivity contribution >= 4 is 31.3 Å². The van der Waals surface area contributed by atoms with Gasteiger partial charge in [-0.25, -0.2) is 8.42 Å². The zero-order valence-corrected chi connectivity index (χ0v) is 13.1. The molecule has 0 aliphatic heterocycles. The number of nitrogens with two attached hydrogens (primary N) is 2. The zero-order chi connectivity index (χ0) is 16.3. The van der Waals surface area contributed by atoms with Gasteiger partial charge in [-0.3, -0.25) is 4.55 Å². The molecule has 0 aliphatic carbocycles. The zero-order valence-electron chi connectivity index (χ0n) is 11.5. The lowest BCUT2D eigenvalue weighted by atomic mass is 10.2. The molecule has 1 rings (SSSR count). The maximum absolute atomic E-state index is 12.2. The van der Waals surface area contributed by atoms with Gasteiger partial charge in [0.2, 0.25) is 0 Å². The number of anilines is 2. The largest absolute Gasteiger partial charge is 0.399 e. The van der Waals surface area contributed by atoms with Crippen LogP contribution in [-0.4, -0.2) is 45.5 Å². The highest BCUT2D eigenvalue weighted by Gasteiger charge is 2.22. The third-order valence-corrected chi connectivity index (χ3v) is 5.29. The molecule has 0 saturated carbocycles. The fraction of sp³-hybridized carbons (Fsp3) is 0.455. The van der Waals surface area contributed by atoms with E-state index in [2.05, 4.69) is 5.32 Å². The molecule has 0 saturated heterocycles. The molecule has 10 heteroatoms. The van der Waals surface area contributed by atoms with Crippen molar-refractivity contribution in [2.45, 2.75) is 17.9 Å². The quantitative estimate of drug-likeness (QED) is 0.390. The lowest BCUT2D eigenvalue weighted by molar-refractivity contribution is 0.484. The Kier molecular flexibility index (Phi) is 5.56. The molecule has 0 radical (unpaired) electrons. The molecule has 8 nitrogen and oxygen atoms in total. The maximum Gasteiger partial charge on any atom is 0.265 e. The molecule has 1 aromatic carbocycles. The second-order valence-corrected chi connectivity index (χ2v) is 8.37. The monoisotopic (exact) mass is 337 g/mol. The van der Waals surface area contributed by atoms with Gasteiger partial charge in [0.25, 0.3) is 10.1 Å². The molecule has 120 valence electrons. The summed E-state index contributed by atoms with van der Waals surface area (Å²) in [6.07, 6.45) is 0. The van der Waals surface area contributed by atoms with Gasteiger partial charge in [0.05, 0.1) is 22.1 Å². The normalized spacial score (nSPS) is 13.9. The lowest BCUT2D eigenvalue weighted by Crippen LogP contribution is -2.26. The van der Waals surface area contributed by atoms with Crippen molar-refractivity contribution in [1.29, 1.82) is 0 Å². The van der Waals surface area contributed by atoms with Crippen molar-refractivity contribution in [3.8, 4) is 0 Å². The number of hydrogen-bond acceptors (Lipinski definition) is 7. The lowest BCUT2D eigenvalue weighted by Gasteiger charge is -2.14. The smallest absolute Gasteiger partial charge is 0.265 e. The summed E-state index contributed by atoms with van der Waals surface area (Å²) in [5, 5.41) is 2.87. The van der Waals surface area contributed by atoms with Gasteiger partial charge >= 0.3 is 0 Å². The summed E-state index contributed by atoms with van der Waals surface area (Å²) >= 11 is 0. The molecule has 1 aromatic rings. The Balaban J connectivity index is 3.11. The first kappa shape index (κ1) is 17.7. The fourth-order valence-corrected chi connectivity index (χ4v) is 4.27. The third kappa shape index (κ3) is 5.87. The number of sulfone groups is 1. The van der Waals surface area contributed by atoms with Crippen LogP contribution in [0.5, 0.6) is 0 Å². The van der Waals surface area contributed by atoms with Crippen LogP contribution in [0.3, 0.4) is 0 Å². The summed E-state index contributed by atoms with van der Waals surface area (Å²) in [5.41, 5.74) is 11.7. The SMILES string of the molecule is CC(N)CNc1ccc(N)cc1S(=O)(=O)CCS(=O)(=O)O. The Labute approximate surface area is 124 Å². The molecule has 0 aromatic heterocycles. The second kappa shape index (κ2) is 6.60. The molecule has 0 bridgehead atoms. The van der Waals surface area contributed by atoms with E-state index in [1.807, 2.05) is 0 Å². The van der Waals surface area contributed by atoms with Gasteiger partial charge in [-0.1, -0.05) is 0 Å². The minimum Gasteiger partial charge on any atom is -0.399 e. The number of rotatable bonds is 7. The number of hydrogen-bond donors (Lipinski definition) is 4. The molecular weight excluding hydrogens is 318 g/mol. The third-order valence-electron chi connectivity index (χ3n) is 2.57. The van der Waals surface area contributed by atoms with E-state index >= 15 is 0 Å². The molecular formula is C11H19N3O5S2. The number of nitrogens with one attached hydrogen (secondary N) is 1. The van der Waals surface area contributed by atoms with E-state index in [4.69, 9.17) is 16.0 Å². The first-order chi connectivity index (χ1) is 9.51. The van der Waals surface area contributed by atoms with E-state index in [0.29, 0.717) is 6.54 Å². The number of nitrogen functional groups attached to an aromatic ring is 1. The van der Waals surface area contributed by atoms with E-state index in [-0.39, 0.29) is 22.3 Å². The molecule has 21 heavy (non-hydrogen) atoms. The van der Waals surface area contributed by atoms with Crippen LogP contribution in [0.1, 0.15) is 6.92 Å². The summed E-state index contributed by atoms with van der Waals surface area (Å²) in [7, 11) is -8.28. The van der Waals surface area contributed by atoms with Crippen LogP contribution < -0.4 is 16.8 Å². The van der Waals surface area contributed by atoms with Crippen molar-refractivity contribution in [2.75, 3.05) is 29.1 Å². The summed E-state index contributed by atoms with van der Waals surface area (Å²) in [6.45, 7) is 2.08. The molecule has 0 heterocycles. The predicted octanol–water partition coefficient (Wildman–Crippen LogP) is -0.311. The minimum absolute atomic E-state index is 0.119. The van der Waals surface area contributed by atoms with Gasteiger partial charge in [-0.15, -0.1) is 0 Å². The molecule has 0 amide bonds. The molecule has 0 aliphatic rings. The fourth-order valence-electron chi connectivity index (χ4n) is 1.54. The van der Waals surface area contributed by atoms with Crippen molar-refractivity contribution < 1.29 is 21.4 Å². The summed E-state index contributed by atoms with van der Waals surface area (Å²) in [5.74, 6) is -1.61. The average Bonchev–Trinajstić information content (AvgIpc) is 2.34. The van der Waals surface area contributed by atoms with Crippen LogP contribution >= 0.6 is 0 Å². The topological polar surface area (TPSA) is 153 Å². The van der Waals surface area contributed by atoms with Gasteiger partial charge in [-0.2, -0.15) is 8.42 Å². The van der Waals surface area contributed by atoms with Gasteiger partial charge in [-0.05, 0) is 25.1 Å². The molecule has 6 N–H and O–H groups in total. The van der Waals surface area contributed by atoms with E-state index in [0.717, 1.165) is 0 Å². The summed E-state index contributed by atoms with van der Waals surface area (Å²) in [6, 6.07) is 4.04. The van der Waals surface area contributed by atoms with Gasteiger partial charge in [0.15, 0.2) is 9.84 Å². The standard InChI is InChI=1S/C11H19N3O5S2/c1-8(12)7-14-10-3-2-9(13)6-11(10)20(15,16)4-5-21(17,18)19/h2-3,6,8,14H,4-5,7,12-13H2,1H3,(H,17,18,19). The average molecular weight is 337 g/mol. The predicted molar refractivity (Wildman–Crippen MR) is 81.5 cm³/mol. The van der Waals surface area contributed by atoms with E-state index < -0.39 is 31.5 Å². The van der Waals surface area contributed by atoms with Crippen LogP contribution in [0.4, 0.5) is 11.4 Å². The van der Waals surface area contributed by atoms with E-state index in [9.17, 15) is 16.8 Å². The highest BCUT2D eigenvalue weighted by molar-refractivity contribution is 7.93. The first-order valence-corrected chi connectivity index (χ1v) is 9.34. The van der Waals surface area contributed by atoms with Crippen molar-refractivity contribution in [3.05, 3.63) is 18.2 Å². The van der Waals surface area contributed by atoms with Gasteiger partial charge in [0.1, 0.15) is 0 Å². The Morgan fingerprint density at radius 3 is 2.38 bits per heavy atom. The van der Waals surface area contributed by atoms with Gasteiger partial charge in [0, 0.05) is 18.3 Å². The minimum atomic E-state index is -4.36. The van der Waals surface area contributed by atoms with Crippen LogP contribution in [0.2, 0.25) is 0 Å². The Morgan fingerprint density at radius 1 is 1.24 bits per heavy atom. The highest BCUT2D eigenvalue weighted by Crippen LogP contribution is 2.25. The Bertz CT molecular complexity index is 699. The van der Waals surface area contributed by atoms with Gasteiger partial charge < -0.3 is 16.8 Å². The van der Waals surface area contributed by atoms with Crippen molar-refractivity contribution in [3.63, 3.8) is 0 Å². The maximum atomic E-state index is 12.2. The van der Waals surface area contributed by atoms with Crippen molar-refractivity contribution in [2.24, 2.45) is 5.73 Å². The van der Waals surface area contributed by atoms with Crippen LogP contribution in [-0.2, 0) is 20.0 Å².